The van der Waals surface area contributed by atoms with Gasteiger partial charge in [-0.05, 0) is 55.8 Å². The molecule has 0 fully saturated rings. The quantitative estimate of drug-likeness (QED) is 0.695. The number of nitrogens with one attached hydrogen (secondary N) is 2. The molecule has 0 bridgehead atoms. The molecule has 0 aliphatic heterocycles. The smallest absolute Gasteiger partial charge is 0.279 e. The van der Waals surface area contributed by atoms with Gasteiger partial charge >= 0.3 is 0 Å². The van der Waals surface area contributed by atoms with Gasteiger partial charge in [0.1, 0.15) is 11.5 Å². The van der Waals surface area contributed by atoms with Crippen LogP contribution in [0.2, 0.25) is 0 Å². The fourth-order valence-corrected chi connectivity index (χ4v) is 2.25. The van der Waals surface area contributed by atoms with Gasteiger partial charge in [0.05, 0.1) is 13.2 Å². The molecule has 0 aromatic heterocycles. The molecule has 0 unspecified atom stereocenters. The maximum absolute atomic E-state index is 12.1. The molecule has 0 radical (unpaired) electrons. The minimum absolute atomic E-state index is 0.416. The van der Waals surface area contributed by atoms with Crippen LogP contribution in [-0.4, -0.2) is 31.6 Å². The highest BCUT2D eigenvalue weighted by atomic mass is 16.5. The summed E-state index contributed by atoms with van der Waals surface area (Å²) in [6.45, 7) is 4.55. The fraction of sp³-hybridized carbons (Fsp3) is 0.300. The summed E-state index contributed by atoms with van der Waals surface area (Å²) in [5, 5.41) is 0. The predicted octanol–water partition coefficient (Wildman–Crippen LogP) is 2.46. The number of benzene rings is 2. The third-order valence-corrected chi connectivity index (χ3v) is 3.64. The lowest BCUT2D eigenvalue weighted by molar-refractivity contribution is -0.128. The highest BCUT2D eigenvalue weighted by molar-refractivity contribution is 5.95. The Morgan fingerprint density at radius 1 is 0.963 bits per heavy atom. The van der Waals surface area contributed by atoms with E-state index in [1.165, 1.54) is 0 Å². The van der Waals surface area contributed by atoms with Crippen molar-refractivity contribution in [3.05, 3.63) is 59.7 Å². The standard InChI is InChI=1S/C20H24N2O5/c1-4-26-17-9-11-18(12-10-17)27-14(2)19(23)21-22-20(24)16-7-5-15(6-8-16)13-25-3/h5-12,14H,4,13H2,1-3H3,(H,21,23)(H,22,24)/t14-/m1/s1. The number of hydrogen-bond donors (Lipinski definition) is 2. The van der Waals surface area contributed by atoms with Gasteiger partial charge in [0.15, 0.2) is 6.10 Å². The highest BCUT2D eigenvalue weighted by Crippen LogP contribution is 2.18. The molecule has 2 aromatic rings. The number of carbonyl (C=O) groups is 2. The summed E-state index contributed by atoms with van der Waals surface area (Å²) >= 11 is 0. The summed E-state index contributed by atoms with van der Waals surface area (Å²) in [6, 6.07) is 13.9. The summed E-state index contributed by atoms with van der Waals surface area (Å²) in [5.41, 5.74) is 6.11. The van der Waals surface area contributed by atoms with E-state index in [9.17, 15) is 9.59 Å². The lowest BCUT2D eigenvalue weighted by Crippen LogP contribution is -2.47. The summed E-state index contributed by atoms with van der Waals surface area (Å²) < 4.78 is 15.9. The average molecular weight is 372 g/mol. The number of hydrogen-bond acceptors (Lipinski definition) is 5. The van der Waals surface area contributed by atoms with E-state index in [1.54, 1.807) is 62.6 Å². The first-order valence-corrected chi connectivity index (χ1v) is 8.61. The zero-order valence-electron chi connectivity index (χ0n) is 15.7. The highest BCUT2D eigenvalue weighted by Gasteiger charge is 2.16. The zero-order valence-corrected chi connectivity index (χ0v) is 15.7. The van der Waals surface area contributed by atoms with Crippen LogP contribution in [0.4, 0.5) is 0 Å². The van der Waals surface area contributed by atoms with Gasteiger partial charge in [-0.1, -0.05) is 12.1 Å². The van der Waals surface area contributed by atoms with Crippen LogP contribution in [0, 0.1) is 0 Å². The third kappa shape index (κ3) is 6.31. The van der Waals surface area contributed by atoms with Crippen LogP contribution in [0.1, 0.15) is 29.8 Å². The van der Waals surface area contributed by atoms with Crippen molar-refractivity contribution in [3.63, 3.8) is 0 Å². The van der Waals surface area contributed by atoms with Gasteiger partial charge in [0.25, 0.3) is 11.8 Å². The van der Waals surface area contributed by atoms with Crippen LogP contribution < -0.4 is 20.3 Å². The number of rotatable bonds is 8. The predicted molar refractivity (Wildman–Crippen MR) is 100 cm³/mol. The van der Waals surface area contributed by atoms with Crippen LogP contribution in [0.3, 0.4) is 0 Å². The van der Waals surface area contributed by atoms with E-state index >= 15 is 0 Å². The molecule has 2 amide bonds. The van der Waals surface area contributed by atoms with E-state index in [2.05, 4.69) is 10.9 Å². The normalized spacial score (nSPS) is 11.4. The lowest BCUT2D eigenvalue weighted by atomic mass is 10.1. The first-order chi connectivity index (χ1) is 13.0. The molecule has 0 aliphatic carbocycles. The minimum atomic E-state index is -0.785. The van der Waals surface area contributed by atoms with Crippen molar-refractivity contribution in [2.24, 2.45) is 0 Å². The van der Waals surface area contributed by atoms with Gasteiger partial charge in [-0.25, -0.2) is 0 Å². The minimum Gasteiger partial charge on any atom is -0.494 e. The van der Waals surface area contributed by atoms with Crippen molar-refractivity contribution < 1.29 is 23.8 Å². The van der Waals surface area contributed by atoms with Crippen LogP contribution in [-0.2, 0) is 16.1 Å². The molecular weight excluding hydrogens is 348 g/mol. The molecule has 27 heavy (non-hydrogen) atoms. The molecule has 2 aromatic carbocycles. The van der Waals surface area contributed by atoms with Crippen molar-refractivity contribution in [3.8, 4) is 11.5 Å². The molecule has 0 saturated carbocycles. The number of ether oxygens (including phenoxy) is 3. The summed E-state index contributed by atoms with van der Waals surface area (Å²) in [6.07, 6.45) is -0.785. The summed E-state index contributed by atoms with van der Waals surface area (Å²) in [7, 11) is 1.60. The molecular formula is C20H24N2O5. The Balaban J connectivity index is 1.82. The van der Waals surface area contributed by atoms with Crippen molar-refractivity contribution in [2.45, 2.75) is 26.6 Å². The first kappa shape index (κ1) is 20.3. The van der Waals surface area contributed by atoms with Gasteiger partial charge in [0.2, 0.25) is 0 Å². The Kier molecular flexibility index (Phi) is 7.63. The lowest BCUT2D eigenvalue weighted by Gasteiger charge is -2.15. The fourth-order valence-electron chi connectivity index (χ4n) is 2.25. The Bertz CT molecular complexity index is 744. The van der Waals surface area contributed by atoms with Crippen LogP contribution in [0.15, 0.2) is 48.5 Å². The Morgan fingerprint density at radius 2 is 1.59 bits per heavy atom. The van der Waals surface area contributed by atoms with Crippen LogP contribution in [0.25, 0.3) is 0 Å². The molecule has 2 rings (SSSR count). The molecule has 7 heteroatoms. The maximum Gasteiger partial charge on any atom is 0.279 e. The van der Waals surface area contributed by atoms with Gasteiger partial charge in [0, 0.05) is 12.7 Å². The van der Waals surface area contributed by atoms with Crippen LogP contribution >= 0.6 is 0 Å². The molecule has 2 N–H and O–H groups in total. The first-order valence-electron chi connectivity index (χ1n) is 8.61. The molecule has 144 valence electrons. The summed E-state index contributed by atoms with van der Waals surface area (Å²) in [5.74, 6) is 0.376. The number of hydrazine groups is 1. The second-order valence-corrected chi connectivity index (χ2v) is 5.74. The van der Waals surface area contributed by atoms with Gasteiger partial charge in [-0.15, -0.1) is 0 Å². The van der Waals surface area contributed by atoms with Crippen molar-refractivity contribution in [2.75, 3.05) is 13.7 Å². The van der Waals surface area contributed by atoms with Gasteiger partial charge < -0.3 is 14.2 Å². The third-order valence-electron chi connectivity index (χ3n) is 3.64. The second-order valence-electron chi connectivity index (χ2n) is 5.74. The number of amides is 2. The Hall–Kier alpha value is -3.06. The van der Waals surface area contributed by atoms with Crippen LogP contribution in [0.5, 0.6) is 11.5 Å². The molecule has 0 heterocycles. The van der Waals surface area contributed by atoms with Gasteiger partial charge in [-0.2, -0.15) is 0 Å². The van der Waals surface area contributed by atoms with E-state index in [0.29, 0.717) is 24.5 Å². The van der Waals surface area contributed by atoms with E-state index in [-0.39, 0.29) is 0 Å². The van der Waals surface area contributed by atoms with E-state index in [1.807, 2.05) is 6.92 Å². The van der Waals surface area contributed by atoms with E-state index < -0.39 is 17.9 Å². The molecule has 0 saturated heterocycles. The molecule has 7 nitrogen and oxygen atoms in total. The Labute approximate surface area is 158 Å². The SMILES string of the molecule is CCOc1ccc(O[C@H](C)C(=O)NNC(=O)c2ccc(COC)cc2)cc1. The van der Waals surface area contributed by atoms with Crippen molar-refractivity contribution in [1.29, 1.82) is 0 Å². The summed E-state index contributed by atoms with van der Waals surface area (Å²) in [4.78, 5) is 24.2. The number of methoxy groups -OCH3 is 1. The average Bonchev–Trinajstić information content (AvgIpc) is 2.68. The van der Waals surface area contributed by atoms with Crippen molar-refractivity contribution >= 4 is 11.8 Å². The Morgan fingerprint density at radius 3 is 2.19 bits per heavy atom. The molecule has 0 spiro atoms. The maximum atomic E-state index is 12.1. The second kappa shape index (κ2) is 10.2. The largest absolute Gasteiger partial charge is 0.494 e. The van der Waals surface area contributed by atoms with E-state index in [0.717, 1.165) is 11.3 Å². The van der Waals surface area contributed by atoms with Crippen molar-refractivity contribution in [1.82, 2.24) is 10.9 Å². The monoisotopic (exact) mass is 372 g/mol. The molecule has 0 aliphatic rings. The zero-order chi connectivity index (χ0) is 19.6. The van der Waals surface area contributed by atoms with Gasteiger partial charge in [-0.3, -0.25) is 20.4 Å². The number of carbonyl (C=O) groups excluding carboxylic acids is 2. The van der Waals surface area contributed by atoms with E-state index in [4.69, 9.17) is 14.2 Å². The topological polar surface area (TPSA) is 85.9 Å². The molecule has 1 atom stereocenters.